The molecule has 2 aliphatic rings. The first-order valence-electron chi connectivity index (χ1n) is 6.62. The third-order valence-electron chi connectivity index (χ3n) is 3.92. The van der Waals surface area contributed by atoms with Gasteiger partial charge < -0.3 is 4.74 Å². The lowest BCUT2D eigenvalue weighted by Gasteiger charge is -2.41. The third-order valence-corrected chi connectivity index (χ3v) is 3.92. The van der Waals surface area contributed by atoms with Crippen molar-refractivity contribution in [1.82, 2.24) is 9.80 Å². The van der Waals surface area contributed by atoms with Crippen LogP contribution in [0.3, 0.4) is 0 Å². The fraction of sp³-hybridized carbons (Fsp3) is 0.923. The first-order chi connectivity index (χ1) is 8.12. The van der Waals surface area contributed by atoms with Crippen molar-refractivity contribution in [3.8, 4) is 6.07 Å². The second-order valence-electron chi connectivity index (χ2n) is 5.59. The zero-order chi connectivity index (χ0) is 12.3. The van der Waals surface area contributed by atoms with E-state index in [1.807, 2.05) is 13.8 Å². The summed E-state index contributed by atoms with van der Waals surface area (Å²) in [7, 11) is 0. The van der Waals surface area contributed by atoms with Crippen LogP contribution in [-0.4, -0.2) is 60.8 Å². The molecule has 4 nitrogen and oxygen atoms in total. The lowest BCUT2D eigenvalue weighted by Crippen LogP contribution is -2.55. The maximum Gasteiger partial charge on any atom is 0.103 e. The van der Waals surface area contributed by atoms with Crippen LogP contribution < -0.4 is 0 Å². The van der Waals surface area contributed by atoms with Gasteiger partial charge in [-0.1, -0.05) is 0 Å². The van der Waals surface area contributed by atoms with Gasteiger partial charge in [-0.15, -0.1) is 0 Å². The van der Waals surface area contributed by atoms with E-state index < -0.39 is 0 Å². The first-order valence-corrected chi connectivity index (χ1v) is 6.62. The van der Waals surface area contributed by atoms with Gasteiger partial charge in [-0.3, -0.25) is 9.80 Å². The molecule has 0 amide bonds. The van der Waals surface area contributed by atoms with E-state index in [1.165, 1.54) is 12.8 Å². The van der Waals surface area contributed by atoms with Crippen LogP contribution in [0.5, 0.6) is 0 Å². The van der Waals surface area contributed by atoms with Gasteiger partial charge in [-0.25, -0.2) is 0 Å². The molecule has 0 N–H and O–H groups in total. The van der Waals surface area contributed by atoms with Gasteiger partial charge in [-0.05, 0) is 26.7 Å². The van der Waals surface area contributed by atoms with E-state index in [0.29, 0.717) is 6.10 Å². The lowest BCUT2D eigenvalue weighted by molar-refractivity contribution is 0.0341. The van der Waals surface area contributed by atoms with E-state index in [1.54, 1.807) is 0 Å². The van der Waals surface area contributed by atoms with Crippen molar-refractivity contribution in [1.29, 1.82) is 5.26 Å². The molecule has 0 bridgehead atoms. The van der Waals surface area contributed by atoms with Gasteiger partial charge >= 0.3 is 0 Å². The second-order valence-corrected chi connectivity index (χ2v) is 5.59. The topological polar surface area (TPSA) is 39.5 Å². The Morgan fingerprint density at radius 3 is 2.53 bits per heavy atom. The molecule has 0 aromatic heterocycles. The molecule has 4 heteroatoms. The molecule has 17 heavy (non-hydrogen) atoms. The van der Waals surface area contributed by atoms with Gasteiger partial charge in [0.25, 0.3) is 0 Å². The van der Waals surface area contributed by atoms with Gasteiger partial charge in [0.05, 0.1) is 12.2 Å². The molecule has 0 aromatic rings. The van der Waals surface area contributed by atoms with Crippen LogP contribution in [-0.2, 0) is 4.74 Å². The van der Waals surface area contributed by atoms with Crippen LogP contribution in [0.25, 0.3) is 0 Å². The van der Waals surface area contributed by atoms with Gasteiger partial charge in [-0.2, -0.15) is 5.26 Å². The number of nitriles is 1. The highest BCUT2D eigenvalue weighted by molar-refractivity contribution is 5.02. The Labute approximate surface area is 104 Å². The predicted molar refractivity (Wildman–Crippen MR) is 66.7 cm³/mol. The Morgan fingerprint density at radius 1 is 1.29 bits per heavy atom. The van der Waals surface area contributed by atoms with E-state index in [2.05, 4.69) is 15.9 Å². The molecule has 2 aliphatic heterocycles. The minimum atomic E-state index is -0.323. The molecule has 0 saturated carbocycles. The highest BCUT2D eigenvalue weighted by atomic mass is 16.5. The van der Waals surface area contributed by atoms with Gasteiger partial charge in [0.2, 0.25) is 0 Å². The quantitative estimate of drug-likeness (QED) is 0.736. The average Bonchev–Trinajstić information content (AvgIpc) is 2.83. The van der Waals surface area contributed by atoms with Crippen LogP contribution >= 0.6 is 0 Å². The number of nitrogens with zero attached hydrogens (tertiary/aromatic N) is 3. The minimum Gasteiger partial charge on any atom is -0.377 e. The fourth-order valence-corrected chi connectivity index (χ4v) is 2.64. The Morgan fingerprint density at radius 2 is 2.00 bits per heavy atom. The predicted octanol–water partition coefficient (Wildman–Crippen LogP) is 1.09. The summed E-state index contributed by atoms with van der Waals surface area (Å²) in [5.74, 6) is 0. The Kier molecular flexibility index (Phi) is 4.03. The van der Waals surface area contributed by atoms with E-state index in [4.69, 9.17) is 10.00 Å². The number of ether oxygens (including phenoxy) is 1. The zero-order valence-corrected chi connectivity index (χ0v) is 11.0. The first kappa shape index (κ1) is 12.8. The zero-order valence-electron chi connectivity index (χ0n) is 11.0. The fourth-order valence-electron chi connectivity index (χ4n) is 2.64. The summed E-state index contributed by atoms with van der Waals surface area (Å²) < 4.78 is 5.66. The van der Waals surface area contributed by atoms with E-state index in [9.17, 15) is 0 Å². The Balaban J connectivity index is 1.76. The molecule has 96 valence electrons. The van der Waals surface area contributed by atoms with Crippen LogP contribution in [0.4, 0.5) is 0 Å². The summed E-state index contributed by atoms with van der Waals surface area (Å²) in [6.45, 7) is 10.1. The standard InChI is InChI=1S/C13H23N3O/c1-13(2,11-14)16-7-5-15(6-8-16)10-12-4-3-9-17-12/h12H,3-10H2,1-2H3. The molecule has 2 heterocycles. The van der Waals surface area contributed by atoms with Crippen molar-refractivity contribution in [2.24, 2.45) is 0 Å². The molecule has 0 aromatic carbocycles. The average molecular weight is 237 g/mol. The summed E-state index contributed by atoms with van der Waals surface area (Å²) in [5.41, 5.74) is -0.323. The summed E-state index contributed by atoms with van der Waals surface area (Å²) in [5, 5.41) is 9.12. The molecule has 1 unspecified atom stereocenters. The molecule has 1 atom stereocenters. The molecular weight excluding hydrogens is 214 g/mol. The van der Waals surface area contributed by atoms with Crippen molar-refractivity contribution in [3.05, 3.63) is 0 Å². The molecule has 2 fully saturated rings. The van der Waals surface area contributed by atoms with Crippen molar-refractivity contribution in [2.75, 3.05) is 39.3 Å². The largest absolute Gasteiger partial charge is 0.377 e. The Hall–Kier alpha value is -0.630. The van der Waals surface area contributed by atoms with Crippen LogP contribution in [0.1, 0.15) is 26.7 Å². The number of hydrogen-bond donors (Lipinski definition) is 0. The van der Waals surface area contributed by atoms with Crippen LogP contribution in [0.2, 0.25) is 0 Å². The SMILES string of the molecule is CC(C)(C#N)N1CCN(CC2CCCO2)CC1. The molecule has 0 radical (unpaired) electrons. The van der Waals surface area contributed by atoms with Crippen molar-refractivity contribution >= 4 is 0 Å². The van der Waals surface area contributed by atoms with Crippen molar-refractivity contribution in [3.63, 3.8) is 0 Å². The molecule has 2 rings (SSSR count). The van der Waals surface area contributed by atoms with Gasteiger partial charge in [0.1, 0.15) is 5.54 Å². The molecule has 0 spiro atoms. The summed E-state index contributed by atoms with van der Waals surface area (Å²) in [6.07, 6.45) is 2.88. The van der Waals surface area contributed by atoms with Gasteiger partial charge in [0, 0.05) is 39.3 Å². The summed E-state index contributed by atoms with van der Waals surface area (Å²) in [4.78, 5) is 4.75. The highest BCUT2D eigenvalue weighted by Gasteiger charge is 2.30. The number of rotatable bonds is 3. The van der Waals surface area contributed by atoms with E-state index in [-0.39, 0.29) is 5.54 Å². The molecular formula is C13H23N3O. The molecule has 2 saturated heterocycles. The normalized spacial score (nSPS) is 28.2. The Bertz CT molecular complexity index is 284. The molecule has 0 aliphatic carbocycles. The second kappa shape index (κ2) is 5.34. The van der Waals surface area contributed by atoms with Crippen molar-refractivity contribution in [2.45, 2.75) is 38.3 Å². The number of hydrogen-bond acceptors (Lipinski definition) is 4. The monoisotopic (exact) mass is 237 g/mol. The van der Waals surface area contributed by atoms with Crippen LogP contribution in [0, 0.1) is 11.3 Å². The maximum absolute atomic E-state index is 9.12. The minimum absolute atomic E-state index is 0.323. The smallest absolute Gasteiger partial charge is 0.103 e. The lowest BCUT2D eigenvalue weighted by atomic mass is 10.0. The maximum atomic E-state index is 9.12. The van der Waals surface area contributed by atoms with Crippen LogP contribution in [0.15, 0.2) is 0 Å². The van der Waals surface area contributed by atoms with E-state index in [0.717, 1.165) is 39.3 Å². The van der Waals surface area contributed by atoms with E-state index >= 15 is 0 Å². The number of piperazine rings is 1. The van der Waals surface area contributed by atoms with Gasteiger partial charge in [0.15, 0.2) is 0 Å². The summed E-state index contributed by atoms with van der Waals surface area (Å²) >= 11 is 0. The summed E-state index contributed by atoms with van der Waals surface area (Å²) in [6, 6.07) is 2.38. The van der Waals surface area contributed by atoms with Crippen molar-refractivity contribution < 1.29 is 4.74 Å². The third kappa shape index (κ3) is 3.19. The highest BCUT2D eigenvalue weighted by Crippen LogP contribution is 2.18.